The molecule has 1 heterocycles. The van der Waals surface area contributed by atoms with Gasteiger partial charge in [0.2, 0.25) is 0 Å². The van der Waals surface area contributed by atoms with Gasteiger partial charge in [-0.2, -0.15) is 0 Å². The highest BCUT2D eigenvalue weighted by Crippen LogP contribution is 2.17. The number of benzene rings is 1. The summed E-state index contributed by atoms with van der Waals surface area (Å²) >= 11 is 0. The largest absolute Gasteiger partial charge is 0.369 e. The van der Waals surface area contributed by atoms with Crippen LogP contribution in [0.3, 0.4) is 0 Å². The number of piperazine rings is 1. The van der Waals surface area contributed by atoms with Gasteiger partial charge in [-0.05, 0) is 43.1 Å². The van der Waals surface area contributed by atoms with Gasteiger partial charge in [-0.1, -0.05) is 13.8 Å². The van der Waals surface area contributed by atoms with Gasteiger partial charge in [0.15, 0.2) is 0 Å². The molecule has 0 atom stereocenters. The lowest BCUT2D eigenvalue weighted by Gasteiger charge is -2.36. The number of halogens is 1. The summed E-state index contributed by atoms with van der Waals surface area (Å²) < 4.78 is 12.9. The van der Waals surface area contributed by atoms with Gasteiger partial charge in [-0.15, -0.1) is 0 Å². The lowest BCUT2D eigenvalue weighted by atomic mass is 10.1. The average molecular weight is 250 g/mol. The second-order valence-corrected chi connectivity index (χ2v) is 5.49. The first-order valence-corrected chi connectivity index (χ1v) is 6.88. The Bertz CT molecular complexity index is 353. The Hall–Kier alpha value is -1.09. The van der Waals surface area contributed by atoms with Gasteiger partial charge in [0.1, 0.15) is 5.82 Å². The molecule has 3 heteroatoms. The smallest absolute Gasteiger partial charge is 0.123 e. The molecular formula is C15H23FN2. The molecule has 1 fully saturated rings. The van der Waals surface area contributed by atoms with Crippen molar-refractivity contribution in [3.05, 3.63) is 30.1 Å². The third kappa shape index (κ3) is 3.70. The fourth-order valence-electron chi connectivity index (χ4n) is 2.32. The van der Waals surface area contributed by atoms with E-state index in [9.17, 15) is 4.39 Å². The van der Waals surface area contributed by atoms with Crippen LogP contribution < -0.4 is 4.90 Å². The molecule has 1 aromatic carbocycles. The molecule has 2 nitrogen and oxygen atoms in total. The molecule has 100 valence electrons. The molecule has 0 unspecified atom stereocenters. The summed E-state index contributed by atoms with van der Waals surface area (Å²) in [6.07, 6.45) is 1.27. The van der Waals surface area contributed by atoms with Gasteiger partial charge < -0.3 is 4.90 Å². The molecule has 0 bridgehead atoms. The minimum absolute atomic E-state index is 0.158. The molecule has 18 heavy (non-hydrogen) atoms. The molecule has 0 amide bonds. The van der Waals surface area contributed by atoms with Crippen LogP contribution in [-0.4, -0.2) is 37.6 Å². The maximum atomic E-state index is 12.9. The Labute approximate surface area is 109 Å². The standard InChI is InChI=1S/C15H23FN2/c1-13(2)7-8-17-9-11-18(12-10-17)15-5-3-14(16)4-6-15/h3-6,13H,7-12H2,1-2H3. The number of rotatable bonds is 4. The number of hydrogen-bond acceptors (Lipinski definition) is 2. The van der Waals surface area contributed by atoms with E-state index < -0.39 is 0 Å². The minimum Gasteiger partial charge on any atom is -0.369 e. The molecular weight excluding hydrogens is 227 g/mol. The van der Waals surface area contributed by atoms with Gasteiger partial charge >= 0.3 is 0 Å². The van der Waals surface area contributed by atoms with E-state index in [1.165, 1.54) is 13.0 Å². The van der Waals surface area contributed by atoms with Crippen molar-refractivity contribution >= 4 is 5.69 Å². The summed E-state index contributed by atoms with van der Waals surface area (Å²) in [4.78, 5) is 4.87. The zero-order chi connectivity index (χ0) is 13.0. The zero-order valence-corrected chi connectivity index (χ0v) is 11.4. The third-order valence-corrected chi connectivity index (χ3v) is 3.59. The molecule has 0 aromatic heterocycles. The van der Waals surface area contributed by atoms with Crippen LogP contribution in [0.1, 0.15) is 20.3 Å². The van der Waals surface area contributed by atoms with E-state index in [0.29, 0.717) is 0 Å². The highest BCUT2D eigenvalue weighted by atomic mass is 19.1. The van der Waals surface area contributed by atoms with Crippen molar-refractivity contribution in [2.45, 2.75) is 20.3 Å². The summed E-state index contributed by atoms with van der Waals surface area (Å²) in [6, 6.07) is 6.83. The predicted molar refractivity (Wildman–Crippen MR) is 74.5 cm³/mol. The van der Waals surface area contributed by atoms with E-state index in [1.807, 2.05) is 12.1 Å². The summed E-state index contributed by atoms with van der Waals surface area (Å²) in [5, 5.41) is 0. The van der Waals surface area contributed by atoms with Crippen molar-refractivity contribution in [1.29, 1.82) is 0 Å². The summed E-state index contributed by atoms with van der Waals surface area (Å²) in [5.74, 6) is 0.620. The maximum absolute atomic E-state index is 12.9. The van der Waals surface area contributed by atoms with E-state index in [-0.39, 0.29) is 5.82 Å². The van der Waals surface area contributed by atoms with E-state index in [2.05, 4.69) is 23.6 Å². The maximum Gasteiger partial charge on any atom is 0.123 e. The van der Waals surface area contributed by atoms with Gasteiger partial charge in [0.05, 0.1) is 0 Å². The van der Waals surface area contributed by atoms with Gasteiger partial charge in [0, 0.05) is 31.9 Å². The fourth-order valence-corrected chi connectivity index (χ4v) is 2.32. The predicted octanol–water partition coefficient (Wildman–Crippen LogP) is 2.99. The normalized spacial score (nSPS) is 17.4. The van der Waals surface area contributed by atoms with E-state index in [0.717, 1.165) is 37.8 Å². The van der Waals surface area contributed by atoms with Crippen LogP contribution in [0.2, 0.25) is 0 Å². The Kier molecular flexibility index (Phi) is 4.59. The van der Waals surface area contributed by atoms with Crippen molar-refractivity contribution < 1.29 is 4.39 Å². The third-order valence-electron chi connectivity index (χ3n) is 3.59. The molecule has 0 radical (unpaired) electrons. The lowest BCUT2D eigenvalue weighted by Crippen LogP contribution is -2.46. The summed E-state index contributed by atoms with van der Waals surface area (Å²) in [7, 11) is 0. The number of anilines is 1. The van der Waals surface area contributed by atoms with Crippen molar-refractivity contribution in [3.8, 4) is 0 Å². The average Bonchev–Trinajstić information content (AvgIpc) is 2.38. The monoisotopic (exact) mass is 250 g/mol. The molecule has 0 saturated carbocycles. The Morgan fingerprint density at radius 1 is 1.06 bits per heavy atom. The quantitative estimate of drug-likeness (QED) is 0.810. The molecule has 1 saturated heterocycles. The van der Waals surface area contributed by atoms with Gasteiger partial charge in [-0.25, -0.2) is 4.39 Å². The van der Waals surface area contributed by atoms with Crippen molar-refractivity contribution in [2.24, 2.45) is 5.92 Å². The Balaban J connectivity index is 1.81. The van der Waals surface area contributed by atoms with Crippen molar-refractivity contribution in [2.75, 3.05) is 37.6 Å². The van der Waals surface area contributed by atoms with Crippen LogP contribution in [0, 0.1) is 11.7 Å². The van der Waals surface area contributed by atoms with Crippen LogP contribution in [0.5, 0.6) is 0 Å². The van der Waals surface area contributed by atoms with Gasteiger partial charge in [-0.3, -0.25) is 4.90 Å². The highest BCUT2D eigenvalue weighted by Gasteiger charge is 2.16. The molecule has 2 rings (SSSR count). The first-order chi connectivity index (χ1) is 8.65. The van der Waals surface area contributed by atoms with Crippen LogP contribution in [0.4, 0.5) is 10.1 Å². The molecule has 1 aliphatic heterocycles. The lowest BCUT2D eigenvalue weighted by molar-refractivity contribution is 0.243. The Morgan fingerprint density at radius 3 is 2.22 bits per heavy atom. The number of nitrogens with zero attached hydrogens (tertiary/aromatic N) is 2. The molecule has 0 spiro atoms. The van der Waals surface area contributed by atoms with E-state index in [4.69, 9.17) is 0 Å². The Morgan fingerprint density at radius 2 is 1.67 bits per heavy atom. The minimum atomic E-state index is -0.158. The van der Waals surface area contributed by atoms with Crippen molar-refractivity contribution in [1.82, 2.24) is 4.90 Å². The van der Waals surface area contributed by atoms with E-state index in [1.54, 1.807) is 12.1 Å². The van der Waals surface area contributed by atoms with E-state index >= 15 is 0 Å². The molecule has 0 aliphatic carbocycles. The topological polar surface area (TPSA) is 6.48 Å². The highest BCUT2D eigenvalue weighted by molar-refractivity contribution is 5.46. The number of hydrogen-bond donors (Lipinski definition) is 0. The van der Waals surface area contributed by atoms with Crippen LogP contribution in [0.15, 0.2) is 24.3 Å². The first kappa shape index (κ1) is 13.3. The van der Waals surface area contributed by atoms with Gasteiger partial charge in [0.25, 0.3) is 0 Å². The second kappa shape index (κ2) is 6.19. The van der Waals surface area contributed by atoms with Crippen LogP contribution in [-0.2, 0) is 0 Å². The van der Waals surface area contributed by atoms with Crippen LogP contribution in [0.25, 0.3) is 0 Å². The first-order valence-electron chi connectivity index (χ1n) is 6.88. The second-order valence-electron chi connectivity index (χ2n) is 5.49. The summed E-state index contributed by atoms with van der Waals surface area (Å²) in [6.45, 7) is 10.1. The molecule has 1 aromatic rings. The molecule has 0 N–H and O–H groups in total. The fraction of sp³-hybridized carbons (Fsp3) is 0.600. The zero-order valence-electron chi connectivity index (χ0n) is 11.4. The van der Waals surface area contributed by atoms with Crippen LogP contribution >= 0.6 is 0 Å². The SMILES string of the molecule is CC(C)CCN1CCN(c2ccc(F)cc2)CC1. The summed E-state index contributed by atoms with van der Waals surface area (Å²) in [5.41, 5.74) is 1.14. The molecule has 1 aliphatic rings. The van der Waals surface area contributed by atoms with Crippen molar-refractivity contribution in [3.63, 3.8) is 0 Å².